The zero-order valence-electron chi connectivity index (χ0n) is 17.2. The number of hydrogen-bond donors (Lipinski definition) is 1. The fourth-order valence-electron chi connectivity index (χ4n) is 4.64. The molecule has 152 valence electrons. The fraction of sp³-hybridized carbons (Fsp3) is 0.375. The Hall–Kier alpha value is -2.66. The Kier molecular flexibility index (Phi) is 5.17. The van der Waals surface area contributed by atoms with Gasteiger partial charge >= 0.3 is 6.03 Å². The summed E-state index contributed by atoms with van der Waals surface area (Å²) >= 11 is 0. The van der Waals surface area contributed by atoms with Crippen molar-refractivity contribution in [2.24, 2.45) is 0 Å². The van der Waals surface area contributed by atoms with Crippen molar-refractivity contribution in [3.8, 4) is 0 Å². The van der Waals surface area contributed by atoms with Crippen LogP contribution >= 0.6 is 0 Å². The summed E-state index contributed by atoms with van der Waals surface area (Å²) in [5, 5.41) is 2.92. The van der Waals surface area contributed by atoms with Gasteiger partial charge in [0.25, 0.3) is 0 Å². The van der Waals surface area contributed by atoms with Crippen LogP contribution in [0, 0.1) is 12.7 Å². The van der Waals surface area contributed by atoms with Crippen LogP contribution in [-0.4, -0.2) is 37.1 Å². The van der Waals surface area contributed by atoms with Gasteiger partial charge in [-0.25, -0.2) is 9.18 Å². The summed E-state index contributed by atoms with van der Waals surface area (Å²) < 4.78 is 13.2. The summed E-state index contributed by atoms with van der Waals surface area (Å²) in [4.78, 5) is 17.4. The standard InChI is InChI=1S/C24H28FN3O/c1-17(2)15-27-12-10-24(11-13-27)16-28(22-9-4-18(3)14-21(22)24)23(29)26-20-7-5-19(25)6-8-20/h4-9,14H,1,10-13,15-16H2,2-3H3,(H,26,29). The lowest BCUT2D eigenvalue weighted by Gasteiger charge is -2.40. The zero-order chi connectivity index (χ0) is 20.6. The molecule has 2 aliphatic heterocycles. The van der Waals surface area contributed by atoms with E-state index in [4.69, 9.17) is 0 Å². The molecule has 0 radical (unpaired) electrons. The monoisotopic (exact) mass is 393 g/mol. The molecule has 4 nitrogen and oxygen atoms in total. The zero-order valence-corrected chi connectivity index (χ0v) is 17.2. The highest BCUT2D eigenvalue weighted by Crippen LogP contribution is 2.47. The van der Waals surface area contributed by atoms with Gasteiger partial charge in [0.15, 0.2) is 0 Å². The van der Waals surface area contributed by atoms with E-state index in [0.29, 0.717) is 12.2 Å². The third-order valence-electron chi connectivity index (χ3n) is 6.12. The molecule has 1 spiro atoms. The molecule has 2 aromatic rings. The molecule has 1 saturated heterocycles. The first-order valence-corrected chi connectivity index (χ1v) is 10.2. The number of nitrogens with one attached hydrogen (secondary N) is 1. The van der Waals surface area contributed by atoms with E-state index in [0.717, 1.165) is 38.2 Å². The number of fused-ring (bicyclic) bond motifs is 2. The second-order valence-electron chi connectivity index (χ2n) is 8.56. The first kappa shape index (κ1) is 19.6. The van der Waals surface area contributed by atoms with Gasteiger partial charge in [0.1, 0.15) is 5.82 Å². The average Bonchev–Trinajstić information content (AvgIpc) is 2.99. The molecule has 0 aliphatic carbocycles. The number of likely N-dealkylation sites (tertiary alicyclic amines) is 1. The van der Waals surface area contributed by atoms with Crippen molar-refractivity contribution >= 4 is 17.4 Å². The molecule has 0 saturated carbocycles. The SMILES string of the molecule is C=C(C)CN1CCC2(CC1)CN(C(=O)Nc1ccc(F)cc1)c1ccc(C)cc12. The highest BCUT2D eigenvalue weighted by atomic mass is 19.1. The van der Waals surface area contributed by atoms with Crippen molar-refractivity contribution in [2.45, 2.75) is 32.1 Å². The second kappa shape index (κ2) is 7.64. The molecule has 2 aliphatic rings. The number of halogens is 1. The van der Waals surface area contributed by atoms with E-state index in [1.807, 2.05) is 4.90 Å². The van der Waals surface area contributed by atoms with Crippen LogP contribution in [0.25, 0.3) is 0 Å². The third-order valence-corrected chi connectivity index (χ3v) is 6.12. The van der Waals surface area contributed by atoms with Gasteiger partial charge in [-0.1, -0.05) is 29.8 Å². The number of amides is 2. The van der Waals surface area contributed by atoms with E-state index in [9.17, 15) is 9.18 Å². The Morgan fingerprint density at radius 1 is 1.17 bits per heavy atom. The molecule has 5 heteroatoms. The molecule has 1 fully saturated rings. The van der Waals surface area contributed by atoms with Crippen molar-refractivity contribution in [3.63, 3.8) is 0 Å². The minimum absolute atomic E-state index is 0.00688. The van der Waals surface area contributed by atoms with Gasteiger partial charge in [0, 0.05) is 29.9 Å². The van der Waals surface area contributed by atoms with E-state index in [-0.39, 0.29) is 17.3 Å². The maximum atomic E-state index is 13.2. The number of urea groups is 1. The van der Waals surface area contributed by atoms with Gasteiger partial charge < -0.3 is 5.32 Å². The molecule has 29 heavy (non-hydrogen) atoms. The number of rotatable bonds is 3. The first-order valence-electron chi connectivity index (χ1n) is 10.2. The quantitative estimate of drug-likeness (QED) is 0.737. The van der Waals surface area contributed by atoms with Crippen molar-refractivity contribution in [1.82, 2.24) is 4.90 Å². The predicted molar refractivity (Wildman–Crippen MR) is 116 cm³/mol. The van der Waals surface area contributed by atoms with E-state index in [2.05, 4.69) is 48.8 Å². The fourth-order valence-corrected chi connectivity index (χ4v) is 4.64. The molecule has 1 N–H and O–H groups in total. The molecule has 2 amide bonds. The van der Waals surface area contributed by atoms with Gasteiger partial charge in [-0.3, -0.25) is 9.80 Å². The van der Waals surface area contributed by atoms with Gasteiger partial charge in [-0.05, 0) is 75.7 Å². The topological polar surface area (TPSA) is 35.6 Å². The smallest absolute Gasteiger partial charge is 0.308 e. The molecule has 2 aromatic carbocycles. The third kappa shape index (κ3) is 3.92. The van der Waals surface area contributed by atoms with E-state index in [1.54, 1.807) is 12.1 Å². The lowest BCUT2D eigenvalue weighted by atomic mass is 9.74. The minimum atomic E-state index is -0.314. The summed E-state index contributed by atoms with van der Waals surface area (Å²) in [5.41, 5.74) is 5.26. The Labute approximate surface area is 172 Å². The minimum Gasteiger partial charge on any atom is -0.308 e. The number of aryl methyl sites for hydroxylation is 1. The van der Waals surface area contributed by atoms with Crippen molar-refractivity contribution < 1.29 is 9.18 Å². The summed E-state index contributed by atoms with van der Waals surface area (Å²) in [7, 11) is 0. The summed E-state index contributed by atoms with van der Waals surface area (Å²) in [5.74, 6) is -0.314. The van der Waals surface area contributed by atoms with E-state index < -0.39 is 0 Å². The van der Waals surface area contributed by atoms with Crippen LogP contribution in [0.2, 0.25) is 0 Å². The van der Waals surface area contributed by atoms with E-state index in [1.165, 1.54) is 28.8 Å². The van der Waals surface area contributed by atoms with Crippen LogP contribution in [0.4, 0.5) is 20.6 Å². The molecule has 0 atom stereocenters. The second-order valence-corrected chi connectivity index (χ2v) is 8.56. The first-order chi connectivity index (χ1) is 13.9. The van der Waals surface area contributed by atoms with Gasteiger partial charge in [-0.2, -0.15) is 0 Å². The van der Waals surface area contributed by atoms with Crippen LogP contribution in [-0.2, 0) is 5.41 Å². The molecule has 0 unspecified atom stereocenters. The van der Waals surface area contributed by atoms with Crippen LogP contribution in [0.15, 0.2) is 54.6 Å². The molecule has 2 heterocycles. The Balaban J connectivity index is 1.57. The summed E-state index contributed by atoms with van der Waals surface area (Å²) in [6.45, 7) is 11.8. The highest BCUT2D eigenvalue weighted by Gasteiger charge is 2.46. The maximum absolute atomic E-state index is 13.2. The summed E-state index contributed by atoms with van der Waals surface area (Å²) in [6, 6.07) is 12.1. The lowest BCUT2D eigenvalue weighted by molar-refractivity contribution is 0.177. The Bertz CT molecular complexity index is 930. The summed E-state index contributed by atoms with van der Waals surface area (Å²) in [6.07, 6.45) is 2.05. The molecular weight excluding hydrogens is 365 g/mol. The maximum Gasteiger partial charge on any atom is 0.326 e. The average molecular weight is 394 g/mol. The van der Waals surface area contributed by atoms with Crippen molar-refractivity contribution in [1.29, 1.82) is 0 Å². The number of hydrogen-bond acceptors (Lipinski definition) is 2. The Morgan fingerprint density at radius 3 is 2.52 bits per heavy atom. The lowest BCUT2D eigenvalue weighted by Crippen LogP contribution is -2.47. The van der Waals surface area contributed by atoms with Gasteiger partial charge in [0.2, 0.25) is 0 Å². The van der Waals surface area contributed by atoms with Gasteiger partial charge in [0.05, 0.1) is 0 Å². The number of piperidine rings is 1. The molecule has 4 rings (SSSR count). The number of anilines is 2. The number of carbonyl (C=O) groups is 1. The van der Waals surface area contributed by atoms with Gasteiger partial charge in [-0.15, -0.1) is 0 Å². The number of carbonyl (C=O) groups excluding carboxylic acids is 1. The van der Waals surface area contributed by atoms with E-state index >= 15 is 0 Å². The normalized spacial score (nSPS) is 18.0. The number of nitrogens with zero attached hydrogens (tertiary/aromatic N) is 2. The van der Waals surface area contributed by atoms with Crippen molar-refractivity contribution in [2.75, 3.05) is 36.4 Å². The molecule has 0 aromatic heterocycles. The highest BCUT2D eigenvalue weighted by molar-refractivity contribution is 6.03. The van der Waals surface area contributed by atoms with Crippen LogP contribution in [0.5, 0.6) is 0 Å². The predicted octanol–water partition coefficient (Wildman–Crippen LogP) is 5.10. The molecule has 0 bridgehead atoms. The molecular formula is C24H28FN3O. The van der Waals surface area contributed by atoms with Crippen LogP contribution < -0.4 is 10.2 Å². The largest absolute Gasteiger partial charge is 0.326 e. The van der Waals surface area contributed by atoms with Crippen LogP contribution in [0.3, 0.4) is 0 Å². The van der Waals surface area contributed by atoms with Crippen molar-refractivity contribution in [3.05, 3.63) is 71.6 Å². The number of benzene rings is 2. The Morgan fingerprint density at radius 2 is 1.86 bits per heavy atom. The van der Waals surface area contributed by atoms with Crippen LogP contribution in [0.1, 0.15) is 30.9 Å².